The maximum atomic E-state index is 14.7. The minimum absolute atomic E-state index is 0.0356. The zero-order valence-corrected chi connectivity index (χ0v) is 43.0. The maximum Gasteiger partial charge on any atom is 0.408 e. The Kier molecular flexibility index (Phi) is 20.9. The van der Waals surface area contributed by atoms with E-state index in [0.717, 1.165) is 16.7 Å². The summed E-state index contributed by atoms with van der Waals surface area (Å²) >= 11 is 0. The summed E-state index contributed by atoms with van der Waals surface area (Å²) in [6.45, 7) is 10.4. The fraction of sp³-hybridized carbons (Fsp3) is 0.362. The second-order valence-electron chi connectivity index (χ2n) is 20.0. The van der Waals surface area contributed by atoms with Crippen LogP contribution < -0.4 is 31.9 Å². The van der Waals surface area contributed by atoms with Crippen LogP contribution in [0.15, 0.2) is 152 Å². The van der Waals surface area contributed by atoms with Crippen LogP contribution in [-0.4, -0.2) is 88.8 Å². The van der Waals surface area contributed by atoms with Crippen molar-refractivity contribution < 1.29 is 48.1 Å². The van der Waals surface area contributed by atoms with E-state index in [9.17, 15) is 38.7 Å². The van der Waals surface area contributed by atoms with Gasteiger partial charge >= 0.3 is 18.2 Å². The van der Waals surface area contributed by atoms with Gasteiger partial charge < -0.3 is 46.5 Å². The van der Waals surface area contributed by atoms with Gasteiger partial charge in [-0.05, 0) is 95.0 Å². The highest BCUT2D eigenvalue weighted by molar-refractivity contribution is 5.95. The molecule has 0 bridgehead atoms. The molecule has 0 spiro atoms. The third-order valence-corrected chi connectivity index (χ3v) is 11.6. The Bertz CT molecular complexity index is 2510. The van der Waals surface area contributed by atoms with Gasteiger partial charge in [-0.3, -0.25) is 19.2 Å². The van der Waals surface area contributed by atoms with Gasteiger partial charge in [-0.2, -0.15) is 0 Å². The van der Waals surface area contributed by atoms with Gasteiger partial charge in [-0.1, -0.05) is 152 Å². The van der Waals surface area contributed by atoms with Crippen LogP contribution in [0.3, 0.4) is 0 Å². The Hall–Kier alpha value is -8.01. The van der Waals surface area contributed by atoms with E-state index in [2.05, 4.69) is 31.9 Å². The van der Waals surface area contributed by atoms with Gasteiger partial charge in [0, 0.05) is 25.8 Å². The van der Waals surface area contributed by atoms with Gasteiger partial charge in [0.2, 0.25) is 23.6 Å². The van der Waals surface area contributed by atoms with E-state index >= 15 is 0 Å². The Balaban J connectivity index is 1.45. The molecule has 6 amide bonds. The molecule has 5 aromatic carbocycles. The van der Waals surface area contributed by atoms with Gasteiger partial charge in [0.25, 0.3) is 0 Å². The van der Waals surface area contributed by atoms with Crippen molar-refractivity contribution in [2.75, 3.05) is 6.54 Å². The molecular weight excluding hydrogens is 941 g/mol. The summed E-state index contributed by atoms with van der Waals surface area (Å²) in [5.74, 6) is -4.25. The highest BCUT2D eigenvalue weighted by Gasteiger charge is 2.39. The second kappa shape index (κ2) is 27.2. The third-order valence-electron chi connectivity index (χ3n) is 11.6. The van der Waals surface area contributed by atoms with Crippen molar-refractivity contribution in [2.45, 2.75) is 127 Å². The largest absolute Gasteiger partial charge is 0.480 e. The molecule has 0 heterocycles. The molecule has 392 valence electrons. The van der Waals surface area contributed by atoms with Crippen LogP contribution in [0.1, 0.15) is 101 Å². The summed E-state index contributed by atoms with van der Waals surface area (Å²) in [4.78, 5) is 96.1. The molecular formula is C58H70N6O10. The number of benzene rings is 5. The molecule has 5 rings (SSSR count). The first-order chi connectivity index (χ1) is 35.2. The normalized spacial score (nSPS) is 13.1. The second-order valence-corrected chi connectivity index (χ2v) is 20.0. The first-order valence-corrected chi connectivity index (χ1v) is 24.9. The number of ether oxygens (including phenoxy) is 2. The molecule has 16 heteroatoms. The van der Waals surface area contributed by atoms with Crippen LogP contribution in [0.2, 0.25) is 0 Å². The molecule has 0 saturated carbocycles. The van der Waals surface area contributed by atoms with E-state index < -0.39 is 82.7 Å². The molecule has 74 heavy (non-hydrogen) atoms. The van der Waals surface area contributed by atoms with E-state index in [1.165, 1.54) is 0 Å². The first-order valence-electron chi connectivity index (χ1n) is 24.9. The minimum atomic E-state index is -1.50. The van der Waals surface area contributed by atoms with E-state index in [-0.39, 0.29) is 45.1 Å². The van der Waals surface area contributed by atoms with Crippen LogP contribution >= 0.6 is 0 Å². The Morgan fingerprint density at radius 3 is 1.27 bits per heavy atom. The fourth-order valence-corrected chi connectivity index (χ4v) is 8.22. The highest BCUT2D eigenvalue weighted by Crippen LogP contribution is 2.37. The summed E-state index contributed by atoms with van der Waals surface area (Å²) in [6.07, 6.45) is -1.51. The van der Waals surface area contributed by atoms with Crippen molar-refractivity contribution in [2.24, 2.45) is 0 Å². The molecule has 0 aliphatic rings. The Labute approximate surface area is 433 Å². The van der Waals surface area contributed by atoms with Crippen molar-refractivity contribution in [3.63, 3.8) is 0 Å². The zero-order valence-electron chi connectivity index (χ0n) is 43.0. The van der Waals surface area contributed by atoms with E-state index in [0.29, 0.717) is 17.5 Å². The number of rotatable bonds is 24. The predicted molar refractivity (Wildman–Crippen MR) is 282 cm³/mol. The summed E-state index contributed by atoms with van der Waals surface area (Å²) in [5.41, 5.74) is 0.834. The zero-order chi connectivity index (χ0) is 53.7. The molecule has 0 aliphatic carbocycles. The number of carbonyl (C=O) groups is 7. The molecule has 5 aromatic rings. The molecule has 7 N–H and O–H groups in total. The van der Waals surface area contributed by atoms with Gasteiger partial charge in [-0.15, -0.1) is 0 Å². The van der Waals surface area contributed by atoms with Crippen molar-refractivity contribution in [1.29, 1.82) is 0 Å². The number of alkyl carbamates (subject to hydrolysis) is 2. The van der Waals surface area contributed by atoms with Gasteiger partial charge in [0.05, 0.1) is 0 Å². The molecule has 0 fully saturated rings. The average molecular weight is 1010 g/mol. The lowest BCUT2D eigenvalue weighted by atomic mass is 9.77. The van der Waals surface area contributed by atoms with Crippen molar-refractivity contribution in [3.05, 3.63) is 179 Å². The minimum Gasteiger partial charge on any atom is -0.480 e. The van der Waals surface area contributed by atoms with Gasteiger partial charge in [-0.25, -0.2) is 14.4 Å². The molecule has 16 nitrogen and oxygen atoms in total. The molecule has 0 saturated heterocycles. The third kappa shape index (κ3) is 18.2. The lowest BCUT2D eigenvalue weighted by molar-refractivity contribution is -0.142. The topological polar surface area (TPSA) is 230 Å². The molecule has 0 aromatic heterocycles. The monoisotopic (exact) mass is 1010 g/mol. The quantitative estimate of drug-likeness (QED) is 0.0238. The fourth-order valence-electron chi connectivity index (χ4n) is 8.22. The van der Waals surface area contributed by atoms with E-state index in [1.54, 1.807) is 96.1 Å². The highest BCUT2D eigenvalue weighted by atomic mass is 16.6. The lowest BCUT2D eigenvalue weighted by Gasteiger charge is -2.37. The maximum absolute atomic E-state index is 14.7. The van der Waals surface area contributed by atoms with Crippen molar-refractivity contribution in [1.82, 2.24) is 31.9 Å². The van der Waals surface area contributed by atoms with Crippen LogP contribution in [-0.2, 0) is 51.8 Å². The molecule has 4 atom stereocenters. The Morgan fingerprint density at radius 1 is 0.459 bits per heavy atom. The van der Waals surface area contributed by atoms with Crippen molar-refractivity contribution in [3.8, 4) is 0 Å². The number of unbranched alkanes of at least 4 members (excludes halogenated alkanes) is 1. The number of amides is 6. The number of nitrogens with one attached hydrogen (secondary N) is 6. The van der Waals surface area contributed by atoms with Gasteiger partial charge in [0.1, 0.15) is 40.9 Å². The lowest BCUT2D eigenvalue weighted by Crippen LogP contribution is -2.59. The van der Waals surface area contributed by atoms with E-state index in [1.807, 2.05) is 97.1 Å². The first kappa shape index (κ1) is 56.9. The molecule has 0 unspecified atom stereocenters. The number of carboxylic acid groups (broad SMARTS) is 1. The summed E-state index contributed by atoms with van der Waals surface area (Å²) in [7, 11) is 0. The average Bonchev–Trinajstić information content (AvgIpc) is 3.36. The number of carbonyl (C=O) groups excluding carboxylic acids is 6. The molecule has 0 aliphatic heterocycles. The number of carboxylic acids is 1. The summed E-state index contributed by atoms with van der Waals surface area (Å²) in [5, 5.41) is 27.0. The van der Waals surface area contributed by atoms with Crippen LogP contribution in [0, 0.1) is 0 Å². The predicted octanol–water partition coefficient (Wildman–Crippen LogP) is 7.49. The number of hydrogen-bond donors (Lipinski definition) is 7. The van der Waals surface area contributed by atoms with Crippen molar-refractivity contribution >= 4 is 41.8 Å². The van der Waals surface area contributed by atoms with Crippen LogP contribution in [0.4, 0.5) is 9.59 Å². The molecule has 0 radical (unpaired) electrons. The van der Waals surface area contributed by atoms with Gasteiger partial charge in [0.15, 0.2) is 0 Å². The smallest absolute Gasteiger partial charge is 0.408 e. The van der Waals surface area contributed by atoms with E-state index in [4.69, 9.17) is 9.47 Å². The summed E-state index contributed by atoms with van der Waals surface area (Å²) < 4.78 is 10.8. The SMILES string of the molecule is CC(C)(C)OC(=O)NCCCC[C@@H](NC(=O)[C@@H](CCC(=O)NC(c1ccccc1)(c1ccccc1)c1ccccc1)NC(=O)[C@@H](Cc1ccccc1)NC(=O)[C@@H](Cc1ccccc1)NC(=O)OC(C)(C)C)C(=O)O. The number of hydrogen-bond acceptors (Lipinski definition) is 9. The van der Waals surface area contributed by atoms with Crippen LogP contribution in [0.5, 0.6) is 0 Å². The standard InChI is InChI=1S/C58H70N6O10/c1-56(2,3)73-54(71)59-37-23-22-34-46(53(69)70)61-50(66)45(35-36-49(65)64-58(42-28-16-9-17-29-42,43-30-18-10-19-31-43)44-32-20-11-21-33-44)60-51(67)47(38-40-24-12-7-13-25-40)62-52(68)48(39-41-26-14-8-15-27-41)63-55(72)74-57(4,5)6/h7-21,24-33,45-48H,22-23,34-39H2,1-6H3,(H,59,71)(H,60,67)(H,61,66)(H,62,68)(H,63,72)(H,64,65)(H,69,70)/t45-,46-,47-,48-/m1/s1. The number of aliphatic carboxylic acids is 1. The van der Waals surface area contributed by atoms with Crippen LogP contribution in [0.25, 0.3) is 0 Å². The Morgan fingerprint density at radius 2 is 0.838 bits per heavy atom. The summed E-state index contributed by atoms with van der Waals surface area (Å²) in [6, 6.07) is 40.6.